The van der Waals surface area contributed by atoms with E-state index in [0.29, 0.717) is 0 Å². The quantitative estimate of drug-likeness (QED) is 0.469. The van der Waals surface area contributed by atoms with Crippen LogP contribution >= 0.6 is 0 Å². The van der Waals surface area contributed by atoms with Crippen LogP contribution in [0.4, 0.5) is 0 Å². The molecule has 0 aromatic heterocycles. The summed E-state index contributed by atoms with van der Waals surface area (Å²) >= 11 is 0. The Balaban J connectivity index is 2.22. The summed E-state index contributed by atoms with van der Waals surface area (Å²) in [4.78, 5) is 12.1. The third-order valence-electron chi connectivity index (χ3n) is 4.97. The highest BCUT2D eigenvalue weighted by Gasteiger charge is 2.51. The van der Waals surface area contributed by atoms with Gasteiger partial charge in [0, 0.05) is 0 Å². The smallest absolute Gasteiger partial charge is 0.262 e. The van der Waals surface area contributed by atoms with Crippen LogP contribution in [0.5, 0.6) is 0 Å². The fraction of sp³-hybridized carbons (Fsp3) is 0.208. The van der Waals surface area contributed by atoms with Crippen LogP contribution in [-0.4, -0.2) is 14.6 Å². The van der Waals surface area contributed by atoms with E-state index in [2.05, 4.69) is 45.0 Å². The summed E-state index contributed by atoms with van der Waals surface area (Å²) in [5.41, 5.74) is 0.889. The SMILES string of the molecule is CC(C)(C)[Si](O[C@@H](C=O)c1ccccc1)(c1ccccc1)c1ccccc1. The molecule has 138 valence electrons. The largest absolute Gasteiger partial charge is 0.394 e. The van der Waals surface area contributed by atoms with Crippen molar-refractivity contribution >= 4 is 25.0 Å². The molecule has 0 radical (unpaired) electrons. The van der Waals surface area contributed by atoms with Crippen molar-refractivity contribution in [1.82, 2.24) is 0 Å². The predicted octanol–water partition coefficient (Wildman–Crippen LogP) is 4.50. The monoisotopic (exact) mass is 374 g/mol. The summed E-state index contributed by atoms with van der Waals surface area (Å²) in [6.45, 7) is 6.64. The van der Waals surface area contributed by atoms with Gasteiger partial charge in [-0.3, -0.25) is 0 Å². The van der Waals surface area contributed by atoms with Crippen molar-refractivity contribution < 1.29 is 9.22 Å². The Labute approximate surface area is 163 Å². The van der Waals surface area contributed by atoms with Crippen molar-refractivity contribution in [3.05, 3.63) is 96.6 Å². The van der Waals surface area contributed by atoms with E-state index < -0.39 is 14.4 Å². The van der Waals surface area contributed by atoms with Crippen molar-refractivity contribution in [3.8, 4) is 0 Å². The lowest BCUT2D eigenvalue weighted by atomic mass is 10.1. The van der Waals surface area contributed by atoms with Gasteiger partial charge in [-0.25, -0.2) is 0 Å². The first kappa shape index (κ1) is 19.3. The first-order valence-electron chi connectivity index (χ1n) is 9.28. The highest BCUT2D eigenvalue weighted by molar-refractivity contribution is 6.99. The van der Waals surface area contributed by atoms with Gasteiger partial charge in [-0.15, -0.1) is 0 Å². The maximum Gasteiger partial charge on any atom is 0.262 e. The number of rotatable bonds is 6. The maximum absolute atomic E-state index is 12.1. The molecule has 1 atom stereocenters. The number of aldehydes is 1. The molecule has 0 aliphatic carbocycles. The molecule has 0 heterocycles. The van der Waals surface area contributed by atoms with Gasteiger partial charge in [0.2, 0.25) is 0 Å². The zero-order valence-electron chi connectivity index (χ0n) is 16.1. The van der Waals surface area contributed by atoms with E-state index >= 15 is 0 Å². The van der Waals surface area contributed by atoms with Crippen LogP contribution < -0.4 is 10.4 Å². The summed E-state index contributed by atoms with van der Waals surface area (Å²) in [5, 5.41) is 2.18. The van der Waals surface area contributed by atoms with Crippen molar-refractivity contribution in [2.45, 2.75) is 31.9 Å². The third-order valence-corrected chi connectivity index (χ3v) is 9.98. The number of hydrogen-bond acceptors (Lipinski definition) is 2. The second-order valence-corrected chi connectivity index (χ2v) is 12.0. The molecule has 0 bridgehead atoms. The van der Waals surface area contributed by atoms with Gasteiger partial charge in [-0.2, -0.15) is 0 Å². The molecule has 0 unspecified atom stereocenters. The molecule has 3 aromatic carbocycles. The zero-order valence-corrected chi connectivity index (χ0v) is 17.1. The minimum absolute atomic E-state index is 0.161. The van der Waals surface area contributed by atoms with Crippen molar-refractivity contribution in [2.75, 3.05) is 0 Å². The lowest BCUT2D eigenvalue weighted by molar-refractivity contribution is -0.114. The van der Waals surface area contributed by atoms with E-state index in [0.717, 1.165) is 11.8 Å². The lowest BCUT2D eigenvalue weighted by Crippen LogP contribution is -2.67. The molecule has 0 spiro atoms. The van der Waals surface area contributed by atoms with E-state index in [-0.39, 0.29) is 5.04 Å². The number of hydrogen-bond donors (Lipinski definition) is 0. The molecule has 3 heteroatoms. The summed E-state index contributed by atoms with van der Waals surface area (Å²) in [6, 6.07) is 30.5. The molecule has 0 aliphatic rings. The maximum atomic E-state index is 12.1. The van der Waals surface area contributed by atoms with Gasteiger partial charge in [0.05, 0.1) is 0 Å². The van der Waals surface area contributed by atoms with Gasteiger partial charge < -0.3 is 9.22 Å². The number of carbonyl (C=O) groups is 1. The normalized spacial score (nSPS) is 13.1. The number of carbonyl (C=O) groups excluding carboxylic acids is 1. The van der Waals surface area contributed by atoms with Crippen molar-refractivity contribution in [1.29, 1.82) is 0 Å². The van der Waals surface area contributed by atoms with Crippen LogP contribution in [0, 0.1) is 0 Å². The topological polar surface area (TPSA) is 26.3 Å². The van der Waals surface area contributed by atoms with Crippen molar-refractivity contribution in [3.63, 3.8) is 0 Å². The first-order valence-corrected chi connectivity index (χ1v) is 11.2. The van der Waals surface area contributed by atoms with Crippen LogP contribution in [0.2, 0.25) is 5.04 Å². The Hall–Kier alpha value is -2.49. The molecular weight excluding hydrogens is 348 g/mol. The summed E-state index contributed by atoms with van der Waals surface area (Å²) < 4.78 is 6.88. The Morgan fingerprint density at radius 1 is 0.741 bits per heavy atom. The average molecular weight is 375 g/mol. The standard InChI is InChI=1S/C24H26O2Si/c1-24(2,3)27(21-15-9-5-10-16-21,22-17-11-6-12-18-22)26-23(19-25)20-13-7-4-8-14-20/h4-19,23H,1-3H3/t23-/m0/s1. The van der Waals surface area contributed by atoms with E-state index in [1.807, 2.05) is 66.7 Å². The highest BCUT2D eigenvalue weighted by Crippen LogP contribution is 2.39. The van der Waals surface area contributed by atoms with Gasteiger partial charge in [0.1, 0.15) is 6.10 Å². The molecule has 3 aromatic rings. The summed E-state index contributed by atoms with van der Waals surface area (Å²) in [6.07, 6.45) is 0.326. The number of benzene rings is 3. The lowest BCUT2D eigenvalue weighted by Gasteiger charge is -2.44. The molecule has 3 rings (SSSR count). The van der Waals surface area contributed by atoms with Gasteiger partial charge in [0.25, 0.3) is 8.32 Å². The van der Waals surface area contributed by atoms with E-state index in [9.17, 15) is 4.79 Å². The molecule has 0 N–H and O–H groups in total. The van der Waals surface area contributed by atoms with Crippen LogP contribution in [-0.2, 0) is 9.22 Å². The second kappa shape index (κ2) is 8.03. The van der Waals surface area contributed by atoms with Gasteiger partial charge in [-0.05, 0) is 21.0 Å². The molecule has 0 saturated carbocycles. The van der Waals surface area contributed by atoms with Gasteiger partial charge in [-0.1, -0.05) is 112 Å². The molecule has 27 heavy (non-hydrogen) atoms. The third kappa shape index (κ3) is 3.80. The molecule has 0 fully saturated rings. The predicted molar refractivity (Wildman–Crippen MR) is 114 cm³/mol. The summed E-state index contributed by atoms with van der Waals surface area (Å²) in [5.74, 6) is 0. The van der Waals surface area contributed by atoms with E-state index in [1.165, 1.54) is 10.4 Å². The minimum Gasteiger partial charge on any atom is -0.394 e. The second-order valence-electron chi connectivity index (χ2n) is 7.75. The fourth-order valence-corrected chi connectivity index (χ4v) is 8.29. The highest BCUT2D eigenvalue weighted by atomic mass is 28.4. The minimum atomic E-state index is -2.75. The Kier molecular flexibility index (Phi) is 5.73. The molecule has 0 aliphatic heterocycles. The zero-order chi connectivity index (χ0) is 19.3. The summed E-state index contributed by atoms with van der Waals surface area (Å²) in [7, 11) is -2.75. The van der Waals surface area contributed by atoms with Crippen LogP contribution in [0.25, 0.3) is 0 Å². The van der Waals surface area contributed by atoms with Gasteiger partial charge >= 0.3 is 0 Å². The average Bonchev–Trinajstić information content (AvgIpc) is 2.70. The fourth-order valence-electron chi connectivity index (χ4n) is 3.70. The molecule has 0 amide bonds. The van der Waals surface area contributed by atoms with Crippen LogP contribution in [0.1, 0.15) is 32.4 Å². The first-order chi connectivity index (χ1) is 13.0. The van der Waals surface area contributed by atoms with E-state index in [4.69, 9.17) is 4.43 Å². The Morgan fingerprint density at radius 2 is 1.15 bits per heavy atom. The Morgan fingerprint density at radius 3 is 1.52 bits per heavy atom. The van der Waals surface area contributed by atoms with Crippen LogP contribution in [0.15, 0.2) is 91.0 Å². The van der Waals surface area contributed by atoms with Crippen LogP contribution in [0.3, 0.4) is 0 Å². The molecule has 2 nitrogen and oxygen atoms in total. The van der Waals surface area contributed by atoms with Crippen molar-refractivity contribution in [2.24, 2.45) is 0 Å². The van der Waals surface area contributed by atoms with Gasteiger partial charge in [0.15, 0.2) is 6.29 Å². The molecular formula is C24H26O2Si. The molecule has 0 saturated heterocycles. The Bertz CT molecular complexity index is 816. The van der Waals surface area contributed by atoms with E-state index in [1.54, 1.807) is 0 Å².